The van der Waals surface area contributed by atoms with Gasteiger partial charge in [-0.25, -0.2) is 4.79 Å². The molecule has 1 aliphatic carbocycles. The van der Waals surface area contributed by atoms with Gasteiger partial charge in [0.05, 0.1) is 11.4 Å². The Kier molecular flexibility index (Phi) is 3.58. The molecule has 1 aliphatic heterocycles. The number of hydrogen-bond acceptors (Lipinski definition) is 3. The van der Waals surface area contributed by atoms with E-state index in [9.17, 15) is 4.79 Å². The summed E-state index contributed by atoms with van der Waals surface area (Å²) in [5, 5.41) is 15.6. The van der Waals surface area contributed by atoms with Crippen LogP contribution in [0.1, 0.15) is 37.7 Å². The second kappa shape index (κ2) is 5.53. The van der Waals surface area contributed by atoms with Crippen molar-refractivity contribution in [1.29, 1.82) is 0 Å². The summed E-state index contributed by atoms with van der Waals surface area (Å²) in [5.74, 6) is 0. The van der Waals surface area contributed by atoms with Crippen molar-refractivity contribution in [2.75, 3.05) is 11.4 Å². The Morgan fingerprint density at radius 1 is 1.30 bits per heavy atom. The molecule has 106 valence electrons. The molecule has 2 N–H and O–H groups in total. The highest BCUT2D eigenvalue weighted by Crippen LogP contribution is 2.27. The molecular weight excluding hydrogens is 254 g/mol. The fourth-order valence-corrected chi connectivity index (χ4v) is 2.73. The van der Waals surface area contributed by atoms with Crippen molar-refractivity contribution in [3.63, 3.8) is 0 Å². The van der Waals surface area contributed by atoms with Gasteiger partial charge in [0.2, 0.25) is 0 Å². The highest BCUT2D eigenvalue weighted by molar-refractivity contribution is 6.08. The van der Waals surface area contributed by atoms with E-state index in [1.54, 1.807) is 4.90 Å². The maximum atomic E-state index is 12.4. The molecule has 3 rings (SSSR count). The van der Waals surface area contributed by atoms with Crippen LogP contribution in [0.3, 0.4) is 0 Å². The molecule has 0 spiro atoms. The number of anilines is 1. The molecule has 1 fully saturated rings. The van der Waals surface area contributed by atoms with Crippen molar-refractivity contribution in [3.8, 4) is 0 Å². The number of benzene rings is 1. The van der Waals surface area contributed by atoms with E-state index in [0.29, 0.717) is 24.7 Å². The molecule has 1 aromatic carbocycles. The van der Waals surface area contributed by atoms with Crippen LogP contribution in [0.2, 0.25) is 0 Å². The SMILES string of the molecule is O=C(NC1CCC1)N1CCC/C(=N/O)c2ccccc21. The van der Waals surface area contributed by atoms with Crippen LogP contribution in [-0.2, 0) is 0 Å². The maximum Gasteiger partial charge on any atom is 0.322 e. The van der Waals surface area contributed by atoms with Crippen molar-refractivity contribution in [3.05, 3.63) is 29.8 Å². The molecule has 0 saturated heterocycles. The standard InChI is InChI=1S/C15H19N3O2/c19-15(16-11-5-3-6-11)18-10-4-8-13(17-20)12-7-1-2-9-14(12)18/h1-2,7,9,11,20H,3-6,8,10H2,(H,16,19)/b17-13-. The molecule has 1 aromatic rings. The van der Waals surface area contributed by atoms with E-state index in [0.717, 1.165) is 30.5 Å². The van der Waals surface area contributed by atoms with Gasteiger partial charge in [-0.2, -0.15) is 0 Å². The summed E-state index contributed by atoms with van der Waals surface area (Å²) in [6.45, 7) is 0.647. The van der Waals surface area contributed by atoms with Crippen molar-refractivity contribution in [2.45, 2.75) is 38.1 Å². The smallest absolute Gasteiger partial charge is 0.322 e. The molecule has 20 heavy (non-hydrogen) atoms. The van der Waals surface area contributed by atoms with Gasteiger partial charge in [0, 0.05) is 18.2 Å². The summed E-state index contributed by atoms with van der Waals surface area (Å²) < 4.78 is 0. The number of para-hydroxylation sites is 1. The first kappa shape index (κ1) is 13.0. The Hall–Kier alpha value is -2.04. The summed E-state index contributed by atoms with van der Waals surface area (Å²) in [7, 11) is 0. The number of fused-ring (bicyclic) bond motifs is 1. The Morgan fingerprint density at radius 3 is 2.80 bits per heavy atom. The number of carbonyl (C=O) groups excluding carboxylic acids is 1. The third-order valence-electron chi connectivity index (χ3n) is 4.10. The number of carbonyl (C=O) groups is 1. The van der Waals surface area contributed by atoms with Crippen LogP contribution in [0, 0.1) is 0 Å². The molecule has 0 bridgehead atoms. The first-order valence-electron chi connectivity index (χ1n) is 7.18. The summed E-state index contributed by atoms with van der Waals surface area (Å²) >= 11 is 0. The van der Waals surface area contributed by atoms with Crippen LogP contribution in [-0.4, -0.2) is 29.5 Å². The molecule has 0 radical (unpaired) electrons. The van der Waals surface area contributed by atoms with Gasteiger partial charge in [0.1, 0.15) is 0 Å². The Labute approximate surface area is 118 Å². The van der Waals surface area contributed by atoms with Gasteiger partial charge in [-0.05, 0) is 38.2 Å². The Morgan fingerprint density at radius 2 is 2.10 bits per heavy atom. The molecular formula is C15H19N3O2. The van der Waals surface area contributed by atoms with Crippen LogP contribution < -0.4 is 10.2 Å². The predicted octanol–water partition coefficient (Wildman–Crippen LogP) is 2.73. The summed E-state index contributed by atoms with van der Waals surface area (Å²) in [4.78, 5) is 14.2. The monoisotopic (exact) mass is 273 g/mol. The first-order valence-corrected chi connectivity index (χ1v) is 7.18. The van der Waals surface area contributed by atoms with E-state index in [1.807, 2.05) is 24.3 Å². The van der Waals surface area contributed by atoms with Crippen molar-refractivity contribution in [2.24, 2.45) is 5.16 Å². The Bertz CT molecular complexity index is 538. The van der Waals surface area contributed by atoms with Crippen molar-refractivity contribution >= 4 is 17.4 Å². The first-order chi connectivity index (χ1) is 9.79. The predicted molar refractivity (Wildman–Crippen MR) is 77.5 cm³/mol. The molecule has 0 atom stereocenters. The molecule has 1 heterocycles. The van der Waals surface area contributed by atoms with Crippen LogP contribution in [0.4, 0.5) is 10.5 Å². The summed E-state index contributed by atoms with van der Waals surface area (Å²) in [6, 6.07) is 7.90. The normalized spacial score (nSPS) is 21.0. The summed E-state index contributed by atoms with van der Waals surface area (Å²) in [6.07, 6.45) is 4.82. The zero-order valence-electron chi connectivity index (χ0n) is 11.4. The van der Waals surface area contributed by atoms with Gasteiger partial charge in [-0.1, -0.05) is 23.4 Å². The minimum atomic E-state index is -0.0404. The third-order valence-corrected chi connectivity index (χ3v) is 4.10. The molecule has 0 aromatic heterocycles. The van der Waals surface area contributed by atoms with Crippen molar-refractivity contribution in [1.82, 2.24) is 5.32 Å². The number of amides is 2. The number of urea groups is 1. The lowest BCUT2D eigenvalue weighted by molar-refractivity contribution is 0.234. The minimum absolute atomic E-state index is 0.0404. The van der Waals surface area contributed by atoms with Crippen LogP contribution in [0.25, 0.3) is 0 Å². The van der Waals surface area contributed by atoms with Gasteiger partial charge in [-0.3, -0.25) is 4.90 Å². The van der Waals surface area contributed by atoms with E-state index in [2.05, 4.69) is 10.5 Å². The van der Waals surface area contributed by atoms with Crippen LogP contribution in [0.5, 0.6) is 0 Å². The lowest BCUT2D eigenvalue weighted by Crippen LogP contribution is -2.47. The average Bonchev–Trinajstić information content (AvgIpc) is 2.62. The van der Waals surface area contributed by atoms with Gasteiger partial charge in [0.15, 0.2) is 0 Å². The van der Waals surface area contributed by atoms with Crippen LogP contribution in [0.15, 0.2) is 29.4 Å². The maximum absolute atomic E-state index is 12.4. The van der Waals surface area contributed by atoms with Crippen LogP contribution >= 0.6 is 0 Å². The molecule has 2 aliphatic rings. The van der Waals surface area contributed by atoms with Gasteiger partial charge in [0.25, 0.3) is 0 Å². The fraction of sp³-hybridized carbons (Fsp3) is 0.467. The third kappa shape index (κ3) is 2.35. The van der Waals surface area contributed by atoms with Gasteiger partial charge in [-0.15, -0.1) is 0 Å². The molecule has 5 heteroatoms. The molecule has 1 saturated carbocycles. The highest BCUT2D eigenvalue weighted by atomic mass is 16.4. The second-order valence-electron chi connectivity index (χ2n) is 5.40. The van der Waals surface area contributed by atoms with E-state index in [1.165, 1.54) is 6.42 Å². The van der Waals surface area contributed by atoms with E-state index in [4.69, 9.17) is 5.21 Å². The molecule has 2 amide bonds. The zero-order chi connectivity index (χ0) is 13.9. The summed E-state index contributed by atoms with van der Waals surface area (Å²) in [5.41, 5.74) is 2.32. The van der Waals surface area contributed by atoms with Gasteiger partial charge < -0.3 is 10.5 Å². The topological polar surface area (TPSA) is 64.9 Å². The number of rotatable bonds is 1. The average molecular weight is 273 g/mol. The zero-order valence-corrected chi connectivity index (χ0v) is 11.4. The molecule has 0 unspecified atom stereocenters. The van der Waals surface area contributed by atoms with Crippen molar-refractivity contribution < 1.29 is 10.0 Å². The number of oxime groups is 1. The second-order valence-corrected chi connectivity index (χ2v) is 5.40. The quantitative estimate of drug-likeness (QED) is 0.610. The highest BCUT2D eigenvalue weighted by Gasteiger charge is 2.27. The largest absolute Gasteiger partial charge is 0.411 e. The van der Waals surface area contributed by atoms with E-state index < -0.39 is 0 Å². The minimum Gasteiger partial charge on any atom is -0.411 e. The lowest BCUT2D eigenvalue weighted by atomic mass is 9.93. The van der Waals surface area contributed by atoms with E-state index >= 15 is 0 Å². The number of nitrogens with one attached hydrogen (secondary N) is 1. The fourth-order valence-electron chi connectivity index (χ4n) is 2.73. The molecule has 5 nitrogen and oxygen atoms in total. The number of hydrogen-bond donors (Lipinski definition) is 2. The van der Waals surface area contributed by atoms with E-state index in [-0.39, 0.29) is 6.03 Å². The number of nitrogens with zero attached hydrogens (tertiary/aromatic N) is 2. The van der Waals surface area contributed by atoms with Gasteiger partial charge >= 0.3 is 6.03 Å². The Balaban J connectivity index is 1.88. The lowest BCUT2D eigenvalue weighted by Gasteiger charge is -2.30.